The van der Waals surface area contributed by atoms with Gasteiger partial charge < -0.3 is 4.57 Å². The molecule has 7 heteroatoms. The number of fused-ring (bicyclic) bond motifs is 1. The summed E-state index contributed by atoms with van der Waals surface area (Å²) >= 11 is 0. The van der Waals surface area contributed by atoms with Gasteiger partial charge in [-0.05, 0) is 30.9 Å². The molecule has 0 fully saturated rings. The Kier molecular flexibility index (Phi) is 5.84. The molecule has 2 aromatic carbocycles. The van der Waals surface area contributed by atoms with Gasteiger partial charge in [0.2, 0.25) is 0 Å². The molecule has 0 radical (unpaired) electrons. The lowest BCUT2D eigenvalue weighted by atomic mass is 9.97. The summed E-state index contributed by atoms with van der Waals surface area (Å²) in [5, 5.41) is 0. The van der Waals surface area contributed by atoms with Gasteiger partial charge in [0.1, 0.15) is 5.52 Å². The van der Waals surface area contributed by atoms with Crippen molar-refractivity contribution in [3.63, 3.8) is 0 Å². The van der Waals surface area contributed by atoms with Crippen molar-refractivity contribution in [2.24, 2.45) is 7.05 Å². The highest BCUT2D eigenvalue weighted by Crippen LogP contribution is 2.27. The molecule has 0 spiro atoms. The fourth-order valence-electron chi connectivity index (χ4n) is 4.38. The zero-order valence-electron chi connectivity index (χ0n) is 20.8. The Morgan fingerprint density at radius 2 is 1.69 bits per heavy atom. The number of aryl methyl sites for hydroxylation is 1. The summed E-state index contributed by atoms with van der Waals surface area (Å²) < 4.78 is 5.43. The van der Waals surface area contributed by atoms with Crippen LogP contribution >= 0.6 is 0 Å². The molecule has 5 rings (SSSR count). The predicted molar refractivity (Wildman–Crippen MR) is 139 cm³/mol. The van der Waals surface area contributed by atoms with Gasteiger partial charge in [0.05, 0.1) is 24.8 Å². The summed E-state index contributed by atoms with van der Waals surface area (Å²) in [7, 11) is 1.76. The van der Waals surface area contributed by atoms with Gasteiger partial charge in [-0.3, -0.25) is 9.13 Å². The van der Waals surface area contributed by atoms with Gasteiger partial charge in [-0.15, -0.1) is 0 Å². The zero-order chi connectivity index (χ0) is 24.7. The largest absolute Gasteiger partial charge is 0.334 e. The SMILES string of the molecule is CC(C)c1ccccc1-c1ncc2c(n1)n(Cc1ccc(-c3cn(C(C)C)cn3)cc1)c(=O)n2C. The van der Waals surface area contributed by atoms with Crippen molar-refractivity contribution in [2.45, 2.75) is 46.2 Å². The molecule has 0 saturated heterocycles. The van der Waals surface area contributed by atoms with Crippen LogP contribution in [-0.2, 0) is 13.6 Å². The second-order valence-electron chi connectivity index (χ2n) is 9.57. The van der Waals surface area contributed by atoms with E-state index in [0.29, 0.717) is 30.0 Å². The number of imidazole rings is 2. The summed E-state index contributed by atoms with van der Waals surface area (Å²) in [6, 6.07) is 16.8. The highest BCUT2D eigenvalue weighted by atomic mass is 16.1. The average Bonchev–Trinajstić information content (AvgIpc) is 3.45. The normalized spacial score (nSPS) is 11.7. The Morgan fingerprint density at radius 1 is 0.943 bits per heavy atom. The van der Waals surface area contributed by atoms with Crippen molar-refractivity contribution in [1.29, 1.82) is 0 Å². The molecule has 178 valence electrons. The van der Waals surface area contributed by atoms with Crippen LogP contribution in [0.15, 0.2) is 72.0 Å². The van der Waals surface area contributed by atoms with Crippen molar-refractivity contribution in [1.82, 2.24) is 28.7 Å². The second kappa shape index (κ2) is 8.98. The quantitative estimate of drug-likeness (QED) is 0.335. The molecule has 0 aliphatic heterocycles. The van der Waals surface area contributed by atoms with Gasteiger partial charge in [-0.2, -0.15) is 0 Å². The number of rotatable bonds is 6. The maximum absolute atomic E-state index is 13.1. The van der Waals surface area contributed by atoms with Gasteiger partial charge >= 0.3 is 5.69 Å². The van der Waals surface area contributed by atoms with Gasteiger partial charge in [0.15, 0.2) is 11.5 Å². The van der Waals surface area contributed by atoms with Crippen molar-refractivity contribution < 1.29 is 0 Å². The van der Waals surface area contributed by atoms with Gasteiger partial charge in [-0.25, -0.2) is 19.7 Å². The summed E-state index contributed by atoms with van der Waals surface area (Å²) in [5.74, 6) is 0.978. The van der Waals surface area contributed by atoms with Crippen LogP contribution in [0.25, 0.3) is 33.8 Å². The molecule has 0 amide bonds. The highest BCUT2D eigenvalue weighted by Gasteiger charge is 2.17. The molecule has 0 atom stereocenters. The maximum atomic E-state index is 13.1. The first-order chi connectivity index (χ1) is 16.8. The smallest absolute Gasteiger partial charge is 0.330 e. The average molecular weight is 467 g/mol. The summed E-state index contributed by atoms with van der Waals surface area (Å²) in [6.07, 6.45) is 5.67. The summed E-state index contributed by atoms with van der Waals surface area (Å²) in [5.41, 5.74) is 6.45. The Labute approximate surface area is 204 Å². The van der Waals surface area contributed by atoms with Crippen molar-refractivity contribution in [3.05, 3.63) is 88.9 Å². The molecule has 0 aliphatic rings. The van der Waals surface area contributed by atoms with E-state index in [4.69, 9.17) is 4.98 Å². The van der Waals surface area contributed by atoms with E-state index >= 15 is 0 Å². The van der Waals surface area contributed by atoms with Crippen molar-refractivity contribution >= 4 is 11.2 Å². The topological polar surface area (TPSA) is 70.5 Å². The van der Waals surface area contributed by atoms with E-state index in [1.54, 1.807) is 22.4 Å². The lowest BCUT2D eigenvalue weighted by Crippen LogP contribution is -2.22. The maximum Gasteiger partial charge on any atom is 0.330 e. The number of hydrogen-bond acceptors (Lipinski definition) is 4. The van der Waals surface area contributed by atoms with E-state index in [0.717, 1.165) is 27.9 Å². The third kappa shape index (κ3) is 4.18. The van der Waals surface area contributed by atoms with Crippen LogP contribution in [0.5, 0.6) is 0 Å². The molecule has 3 heterocycles. The van der Waals surface area contributed by atoms with Crippen LogP contribution < -0.4 is 5.69 Å². The lowest BCUT2D eigenvalue weighted by Gasteiger charge is -2.11. The van der Waals surface area contributed by atoms with Crippen LogP contribution in [-0.4, -0.2) is 28.7 Å². The number of benzene rings is 2. The third-order valence-electron chi connectivity index (χ3n) is 6.50. The molecule has 0 N–H and O–H groups in total. The second-order valence-corrected chi connectivity index (χ2v) is 9.57. The summed E-state index contributed by atoms with van der Waals surface area (Å²) in [6.45, 7) is 9.01. The zero-order valence-corrected chi connectivity index (χ0v) is 20.8. The van der Waals surface area contributed by atoms with E-state index in [-0.39, 0.29) is 5.69 Å². The Bertz CT molecular complexity index is 1550. The highest BCUT2D eigenvalue weighted by molar-refractivity contribution is 5.74. The van der Waals surface area contributed by atoms with Gasteiger partial charge in [-0.1, -0.05) is 62.4 Å². The third-order valence-corrected chi connectivity index (χ3v) is 6.50. The Hall–Kier alpha value is -4.00. The standard InChI is InChI=1S/C28H30N6O/c1-18(2)22-8-6-7-9-23(22)26-29-14-25-27(31-26)34(28(35)32(25)5)15-20-10-12-21(13-11-20)24-16-33(17-30-24)19(3)4/h6-14,16-19H,15H2,1-5H3. The van der Waals surface area contributed by atoms with E-state index in [9.17, 15) is 4.79 Å². The minimum atomic E-state index is -0.108. The van der Waals surface area contributed by atoms with Gasteiger partial charge in [0.25, 0.3) is 0 Å². The molecular weight excluding hydrogens is 436 g/mol. The van der Waals surface area contributed by atoms with Crippen molar-refractivity contribution in [3.8, 4) is 22.6 Å². The van der Waals surface area contributed by atoms with Crippen LogP contribution in [0.2, 0.25) is 0 Å². The predicted octanol–water partition coefficient (Wildman–Crippen LogP) is 5.41. The van der Waals surface area contributed by atoms with Crippen LogP contribution in [0, 0.1) is 0 Å². The Balaban J connectivity index is 1.51. The monoisotopic (exact) mass is 466 g/mol. The number of hydrogen-bond donors (Lipinski definition) is 0. The van der Waals surface area contributed by atoms with Gasteiger partial charge in [0, 0.05) is 30.4 Å². The fourth-order valence-corrected chi connectivity index (χ4v) is 4.38. The minimum absolute atomic E-state index is 0.108. The van der Waals surface area contributed by atoms with E-state index in [1.807, 2.05) is 36.7 Å². The molecule has 7 nitrogen and oxygen atoms in total. The van der Waals surface area contributed by atoms with E-state index in [1.165, 1.54) is 5.56 Å². The molecule has 0 bridgehead atoms. The number of nitrogens with zero attached hydrogens (tertiary/aromatic N) is 6. The van der Waals surface area contributed by atoms with Crippen LogP contribution in [0.1, 0.15) is 50.8 Å². The molecule has 0 aliphatic carbocycles. The molecular formula is C28H30N6O. The number of aromatic nitrogens is 6. The first-order valence-corrected chi connectivity index (χ1v) is 12.0. The van der Waals surface area contributed by atoms with E-state index < -0.39 is 0 Å². The lowest BCUT2D eigenvalue weighted by molar-refractivity contribution is 0.600. The minimum Gasteiger partial charge on any atom is -0.334 e. The van der Waals surface area contributed by atoms with E-state index in [2.05, 4.69) is 66.6 Å². The van der Waals surface area contributed by atoms with Crippen LogP contribution in [0.3, 0.4) is 0 Å². The first-order valence-electron chi connectivity index (χ1n) is 12.0. The molecule has 3 aromatic heterocycles. The first kappa shape index (κ1) is 22.8. The van der Waals surface area contributed by atoms with Crippen LogP contribution in [0.4, 0.5) is 0 Å². The van der Waals surface area contributed by atoms with Crippen molar-refractivity contribution in [2.75, 3.05) is 0 Å². The molecule has 0 saturated carbocycles. The molecule has 35 heavy (non-hydrogen) atoms. The summed E-state index contributed by atoms with van der Waals surface area (Å²) in [4.78, 5) is 27.1. The molecule has 0 unspecified atom stereocenters. The fraction of sp³-hybridized carbons (Fsp3) is 0.286. The molecule has 5 aromatic rings. The Morgan fingerprint density at radius 3 is 2.37 bits per heavy atom.